The third-order valence-electron chi connectivity index (χ3n) is 2.69. The van der Waals surface area contributed by atoms with Gasteiger partial charge in [-0.25, -0.2) is 8.78 Å². The monoisotopic (exact) mass is 227 g/mol. The molecule has 0 aromatic heterocycles. The van der Waals surface area contributed by atoms with Crippen LogP contribution in [0.5, 0.6) is 0 Å². The van der Waals surface area contributed by atoms with Gasteiger partial charge in [0.25, 0.3) is 0 Å². The number of carbonyl (C=O) groups excluding carboxylic acids is 1. The second-order valence-electron chi connectivity index (χ2n) is 3.83. The van der Waals surface area contributed by atoms with Gasteiger partial charge in [-0.2, -0.15) is 0 Å². The number of halogens is 2. The normalized spacial score (nSPS) is 20.6. The molecule has 1 aromatic rings. The molecule has 2 rings (SSSR count). The molecule has 5 heteroatoms. The summed E-state index contributed by atoms with van der Waals surface area (Å²) in [6.07, 6.45) is 0.173. The van der Waals surface area contributed by atoms with Crippen molar-refractivity contribution in [3.8, 4) is 0 Å². The molecule has 1 N–H and O–H groups in total. The summed E-state index contributed by atoms with van der Waals surface area (Å²) < 4.78 is 26.4. The van der Waals surface area contributed by atoms with Crippen LogP contribution in [0.15, 0.2) is 18.2 Å². The second-order valence-corrected chi connectivity index (χ2v) is 3.83. The zero-order chi connectivity index (χ0) is 11.7. The maximum Gasteiger partial charge on any atom is 0.227 e. The van der Waals surface area contributed by atoms with Gasteiger partial charge in [0.05, 0.1) is 5.69 Å². The number of rotatable bonds is 2. The first-order chi connectivity index (χ1) is 7.63. The first-order valence-corrected chi connectivity index (χ1v) is 4.98. The summed E-state index contributed by atoms with van der Waals surface area (Å²) in [5, 5.41) is 8.93. The van der Waals surface area contributed by atoms with Crippen molar-refractivity contribution >= 4 is 11.6 Å². The SMILES string of the molecule is O=C1CC(CO)CN1c1cccc(F)c1F. The molecule has 1 amide bonds. The smallest absolute Gasteiger partial charge is 0.227 e. The second kappa shape index (κ2) is 4.17. The van der Waals surface area contributed by atoms with Gasteiger partial charge in [0, 0.05) is 25.5 Å². The Morgan fingerprint density at radius 3 is 2.81 bits per heavy atom. The van der Waals surface area contributed by atoms with Gasteiger partial charge in [0.2, 0.25) is 5.91 Å². The first-order valence-electron chi connectivity index (χ1n) is 4.98. The van der Waals surface area contributed by atoms with E-state index in [4.69, 9.17) is 5.11 Å². The summed E-state index contributed by atoms with van der Waals surface area (Å²) >= 11 is 0. The van der Waals surface area contributed by atoms with Crippen LogP contribution < -0.4 is 4.90 Å². The molecule has 0 saturated carbocycles. The maximum absolute atomic E-state index is 13.4. The number of amides is 1. The van der Waals surface area contributed by atoms with Gasteiger partial charge < -0.3 is 10.0 Å². The van der Waals surface area contributed by atoms with Crippen LogP contribution in [0.2, 0.25) is 0 Å². The molecule has 0 radical (unpaired) electrons. The van der Waals surface area contributed by atoms with Gasteiger partial charge in [-0.15, -0.1) is 0 Å². The van der Waals surface area contributed by atoms with Gasteiger partial charge in [-0.1, -0.05) is 6.07 Å². The van der Waals surface area contributed by atoms with Crippen molar-refractivity contribution in [1.82, 2.24) is 0 Å². The van der Waals surface area contributed by atoms with Crippen LogP contribution in [-0.2, 0) is 4.79 Å². The van der Waals surface area contributed by atoms with Crippen LogP contribution in [0, 0.1) is 17.6 Å². The topological polar surface area (TPSA) is 40.5 Å². The van der Waals surface area contributed by atoms with E-state index in [0.717, 1.165) is 6.07 Å². The lowest BCUT2D eigenvalue weighted by Crippen LogP contribution is -2.26. The van der Waals surface area contributed by atoms with Gasteiger partial charge >= 0.3 is 0 Å². The van der Waals surface area contributed by atoms with E-state index in [-0.39, 0.29) is 37.1 Å². The van der Waals surface area contributed by atoms with Crippen molar-refractivity contribution in [1.29, 1.82) is 0 Å². The Balaban J connectivity index is 2.31. The van der Waals surface area contributed by atoms with Crippen molar-refractivity contribution in [2.24, 2.45) is 5.92 Å². The molecule has 1 saturated heterocycles. The van der Waals surface area contributed by atoms with Gasteiger partial charge in [0.1, 0.15) is 0 Å². The first kappa shape index (κ1) is 11.0. The molecular weight excluding hydrogens is 216 g/mol. The van der Waals surface area contributed by atoms with Crippen LogP contribution in [0.4, 0.5) is 14.5 Å². The molecule has 1 unspecified atom stereocenters. The van der Waals surface area contributed by atoms with Crippen LogP contribution in [0.3, 0.4) is 0 Å². The van der Waals surface area contributed by atoms with Crippen molar-refractivity contribution in [3.63, 3.8) is 0 Å². The molecule has 1 atom stereocenters. The molecule has 1 fully saturated rings. The molecule has 86 valence electrons. The van der Waals surface area contributed by atoms with E-state index in [2.05, 4.69) is 0 Å². The number of nitrogens with zero attached hydrogens (tertiary/aromatic N) is 1. The fraction of sp³-hybridized carbons (Fsp3) is 0.364. The molecule has 0 spiro atoms. The third-order valence-corrected chi connectivity index (χ3v) is 2.69. The fourth-order valence-corrected chi connectivity index (χ4v) is 1.84. The molecule has 1 aliphatic heterocycles. The van der Waals surface area contributed by atoms with Gasteiger partial charge in [0.15, 0.2) is 11.6 Å². The highest BCUT2D eigenvalue weighted by molar-refractivity contribution is 5.95. The Morgan fingerprint density at radius 2 is 2.19 bits per heavy atom. The third kappa shape index (κ3) is 1.78. The highest BCUT2D eigenvalue weighted by Gasteiger charge is 2.32. The van der Waals surface area contributed by atoms with Gasteiger partial charge in [-0.3, -0.25) is 4.79 Å². The lowest BCUT2D eigenvalue weighted by Gasteiger charge is -2.17. The van der Waals surface area contributed by atoms with E-state index in [1.807, 2.05) is 0 Å². The zero-order valence-electron chi connectivity index (χ0n) is 8.49. The number of hydrogen-bond donors (Lipinski definition) is 1. The lowest BCUT2D eigenvalue weighted by molar-refractivity contribution is -0.117. The van der Waals surface area contributed by atoms with E-state index < -0.39 is 11.6 Å². The minimum Gasteiger partial charge on any atom is -0.396 e. The molecule has 1 heterocycles. The molecule has 3 nitrogen and oxygen atoms in total. The van der Waals surface area contributed by atoms with Gasteiger partial charge in [-0.05, 0) is 12.1 Å². The number of benzene rings is 1. The fourth-order valence-electron chi connectivity index (χ4n) is 1.84. The van der Waals surface area contributed by atoms with Crippen LogP contribution in [-0.4, -0.2) is 24.2 Å². The Labute approximate surface area is 91.3 Å². The Kier molecular flexibility index (Phi) is 2.87. The van der Waals surface area contributed by atoms with Crippen LogP contribution >= 0.6 is 0 Å². The molecule has 0 aliphatic carbocycles. The van der Waals surface area contributed by atoms with Crippen molar-refractivity contribution in [3.05, 3.63) is 29.8 Å². The molecule has 1 aromatic carbocycles. The molecule has 0 bridgehead atoms. The highest BCUT2D eigenvalue weighted by Crippen LogP contribution is 2.28. The summed E-state index contributed by atoms with van der Waals surface area (Å²) in [6.45, 7) is 0.106. The minimum atomic E-state index is -1.02. The maximum atomic E-state index is 13.4. The summed E-state index contributed by atoms with van der Waals surface area (Å²) in [7, 11) is 0. The Bertz CT molecular complexity index is 422. The van der Waals surface area contributed by atoms with E-state index in [9.17, 15) is 13.6 Å². The Morgan fingerprint density at radius 1 is 1.44 bits per heavy atom. The average Bonchev–Trinajstić information content (AvgIpc) is 2.64. The summed E-state index contributed by atoms with van der Waals surface area (Å²) in [5.74, 6) is -2.48. The molecular formula is C11H11F2NO2. The predicted octanol–water partition coefficient (Wildman–Crippen LogP) is 1.31. The van der Waals surface area contributed by atoms with E-state index >= 15 is 0 Å². The van der Waals surface area contributed by atoms with E-state index in [0.29, 0.717) is 0 Å². The van der Waals surface area contributed by atoms with Crippen LogP contribution in [0.1, 0.15) is 6.42 Å². The molecule has 1 aliphatic rings. The van der Waals surface area contributed by atoms with Crippen LogP contribution in [0.25, 0.3) is 0 Å². The number of hydrogen-bond acceptors (Lipinski definition) is 2. The number of aliphatic hydroxyl groups is 1. The minimum absolute atomic E-state index is 0.0547. The van der Waals surface area contributed by atoms with E-state index in [1.54, 1.807) is 0 Å². The Hall–Kier alpha value is -1.49. The summed E-state index contributed by atoms with van der Waals surface area (Å²) in [4.78, 5) is 12.7. The summed E-state index contributed by atoms with van der Waals surface area (Å²) in [5.41, 5.74) is -0.0547. The largest absolute Gasteiger partial charge is 0.396 e. The lowest BCUT2D eigenvalue weighted by atomic mass is 10.1. The van der Waals surface area contributed by atoms with E-state index in [1.165, 1.54) is 17.0 Å². The zero-order valence-corrected chi connectivity index (χ0v) is 8.49. The highest BCUT2D eigenvalue weighted by atomic mass is 19.2. The standard InChI is InChI=1S/C11H11F2NO2/c12-8-2-1-3-9(11(8)13)14-5-7(6-15)4-10(14)16/h1-3,7,15H,4-6H2. The average molecular weight is 227 g/mol. The van der Waals surface area contributed by atoms with Crippen molar-refractivity contribution < 1.29 is 18.7 Å². The summed E-state index contributed by atoms with van der Waals surface area (Å²) in [6, 6.07) is 3.71. The van der Waals surface area contributed by atoms with Crippen molar-refractivity contribution in [2.45, 2.75) is 6.42 Å². The number of anilines is 1. The number of aliphatic hydroxyl groups excluding tert-OH is 1. The quantitative estimate of drug-likeness (QED) is 0.827. The molecule has 16 heavy (non-hydrogen) atoms. The predicted molar refractivity (Wildman–Crippen MR) is 53.9 cm³/mol. The number of carbonyl (C=O) groups is 1. The van der Waals surface area contributed by atoms with Crippen molar-refractivity contribution in [2.75, 3.05) is 18.1 Å².